The molecule has 8 nitrogen and oxygen atoms in total. The van der Waals surface area contributed by atoms with E-state index in [2.05, 4.69) is 15.5 Å². The Morgan fingerprint density at radius 3 is 2.38 bits per heavy atom. The molecule has 0 bridgehead atoms. The lowest BCUT2D eigenvalue weighted by Crippen LogP contribution is -2.42. The van der Waals surface area contributed by atoms with Gasteiger partial charge in [0.05, 0.1) is 13.2 Å². The fraction of sp³-hybridized carbons (Fsp3) is 0.500. The van der Waals surface area contributed by atoms with E-state index in [1.54, 1.807) is 19.1 Å². The summed E-state index contributed by atoms with van der Waals surface area (Å²) in [5.41, 5.74) is 1.05. The maximum Gasteiger partial charge on any atom is 0.248 e. The van der Waals surface area contributed by atoms with E-state index >= 15 is 0 Å². The number of tetrazole rings is 1. The van der Waals surface area contributed by atoms with E-state index < -0.39 is 6.04 Å². The first-order valence-corrected chi connectivity index (χ1v) is 7.79. The predicted molar refractivity (Wildman–Crippen MR) is 87.3 cm³/mol. The zero-order valence-electron chi connectivity index (χ0n) is 14.0. The van der Waals surface area contributed by atoms with Gasteiger partial charge in [0.1, 0.15) is 12.4 Å². The van der Waals surface area contributed by atoms with Crippen molar-refractivity contribution >= 4 is 5.91 Å². The van der Waals surface area contributed by atoms with Gasteiger partial charge in [-0.15, -0.1) is 5.10 Å². The number of ether oxygens (including phenoxy) is 2. The van der Waals surface area contributed by atoms with Crippen molar-refractivity contribution in [2.75, 3.05) is 40.5 Å². The van der Waals surface area contributed by atoms with E-state index in [0.29, 0.717) is 32.7 Å². The van der Waals surface area contributed by atoms with Crippen LogP contribution in [0.1, 0.15) is 11.6 Å². The second kappa shape index (κ2) is 9.74. The van der Waals surface area contributed by atoms with E-state index in [9.17, 15) is 4.79 Å². The maximum absolute atomic E-state index is 13.1. The number of methoxy groups -OCH3 is 2. The third kappa shape index (κ3) is 5.10. The van der Waals surface area contributed by atoms with Gasteiger partial charge in [-0.1, -0.05) is 30.3 Å². The molecule has 1 aromatic carbocycles. The normalized spacial score (nSPS) is 12.1. The first-order valence-electron chi connectivity index (χ1n) is 7.79. The second-order valence-electron chi connectivity index (χ2n) is 5.31. The molecule has 1 aromatic heterocycles. The van der Waals surface area contributed by atoms with Crippen LogP contribution in [-0.2, 0) is 20.7 Å². The van der Waals surface area contributed by atoms with E-state index in [-0.39, 0.29) is 5.91 Å². The van der Waals surface area contributed by atoms with Crippen LogP contribution in [0.2, 0.25) is 0 Å². The van der Waals surface area contributed by atoms with Crippen molar-refractivity contribution in [3.05, 3.63) is 42.2 Å². The molecule has 2 aromatic rings. The quantitative estimate of drug-likeness (QED) is 0.632. The smallest absolute Gasteiger partial charge is 0.248 e. The molecular formula is C16H23N5O3. The maximum atomic E-state index is 13.1. The molecule has 1 heterocycles. The lowest BCUT2D eigenvalue weighted by Gasteiger charge is -2.27. The van der Waals surface area contributed by atoms with Gasteiger partial charge in [-0.05, 0) is 16.0 Å². The summed E-state index contributed by atoms with van der Waals surface area (Å²) < 4.78 is 11.7. The molecule has 0 N–H and O–H groups in total. The number of nitrogens with zero attached hydrogens (tertiary/aromatic N) is 5. The molecule has 0 saturated carbocycles. The molecule has 1 atom stereocenters. The SMILES string of the molecule is COCCN(CCOC)C(=O)C(Cc1ccccc1)n1cnnn1. The van der Waals surface area contributed by atoms with Crippen molar-refractivity contribution < 1.29 is 14.3 Å². The molecule has 0 fully saturated rings. The van der Waals surface area contributed by atoms with Gasteiger partial charge < -0.3 is 14.4 Å². The van der Waals surface area contributed by atoms with Crippen LogP contribution in [-0.4, -0.2) is 71.5 Å². The van der Waals surface area contributed by atoms with Gasteiger partial charge >= 0.3 is 0 Å². The second-order valence-corrected chi connectivity index (χ2v) is 5.31. The number of carbonyl (C=O) groups excluding carboxylic acids is 1. The Labute approximate surface area is 141 Å². The number of aromatic nitrogens is 4. The highest BCUT2D eigenvalue weighted by Gasteiger charge is 2.27. The summed E-state index contributed by atoms with van der Waals surface area (Å²) in [6.45, 7) is 1.91. The van der Waals surface area contributed by atoms with Crippen molar-refractivity contribution in [1.82, 2.24) is 25.1 Å². The molecule has 8 heteroatoms. The van der Waals surface area contributed by atoms with Gasteiger partial charge in [0.15, 0.2) is 0 Å². The van der Waals surface area contributed by atoms with Gasteiger partial charge in [0, 0.05) is 33.7 Å². The van der Waals surface area contributed by atoms with Crippen molar-refractivity contribution in [2.45, 2.75) is 12.5 Å². The van der Waals surface area contributed by atoms with Crippen LogP contribution in [0.5, 0.6) is 0 Å². The first-order chi connectivity index (χ1) is 11.8. The van der Waals surface area contributed by atoms with Crippen LogP contribution >= 0.6 is 0 Å². The van der Waals surface area contributed by atoms with E-state index in [1.165, 1.54) is 11.0 Å². The minimum atomic E-state index is -0.504. The number of amides is 1. The van der Waals surface area contributed by atoms with E-state index in [1.807, 2.05) is 30.3 Å². The lowest BCUT2D eigenvalue weighted by molar-refractivity contribution is -0.136. The van der Waals surface area contributed by atoms with Crippen LogP contribution in [0.25, 0.3) is 0 Å². The number of hydrogen-bond donors (Lipinski definition) is 0. The van der Waals surface area contributed by atoms with Gasteiger partial charge in [-0.25, -0.2) is 4.68 Å². The summed E-state index contributed by atoms with van der Waals surface area (Å²) in [7, 11) is 3.23. The van der Waals surface area contributed by atoms with Gasteiger partial charge in [0.25, 0.3) is 0 Å². The minimum Gasteiger partial charge on any atom is -0.383 e. The zero-order valence-corrected chi connectivity index (χ0v) is 14.0. The standard InChI is InChI=1S/C16H23N5O3/c1-23-10-8-20(9-11-24-2)16(22)15(21-13-17-18-19-21)12-14-6-4-3-5-7-14/h3-7,13,15H,8-12H2,1-2H3. The summed E-state index contributed by atoms with van der Waals surface area (Å²) in [4.78, 5) is 14.8. The first kappa shape index (κ1) is 18.0. The Morgan fingerprint density at radius 2 is 1.83 bits per heavy atom. The summed E-state index contributed by atoms with van der Waals surface area (Å²) in [6, 6.07) is 9.31. The Hall–Kier alpha value is -2.32. The molecule has 0 saturated heterocycles. The Bertz CT molecular complexity index is 583. The van der Waals surface area contributed by atoms with Crippen molar-refractivity contribution in [3.8, 4) is 0 Å². The summed E-state index contributed by atoms with van der Waals surface area (Å²) in [5, 5.41) is 11.2. The van der Waals surface area contributed by atoms with Gasteiger partial charge in [-0.2, -0.15) is 0 Å². The summed E-state index contributed by atoms with van der Waals surface area (Å²) in [5.74, 6) is -0.0553. The molecule has 0 spiro atoms. The number of rotatable bonds is 10. The van der Waals surface area contributed by atoms with Gasteiger partial charge in [0.2, 0.25) is 5.91 Å². The van der Waals surface area contributed by atoms with Crippen molar-refractivity contribution in [3.63, 3.8) is 0 Å². The molecule has 130 valence electrons. The van der Waals surface area contributed by atoms with E-state index in [0.717, 1.165) is 5.56 Å². The van der Waals surface area contributed by atoms with Crippen LogP contribution < -0.4 is 0 Å². The largest absolute Gasteiger partial charge is 0.383 e. The number of hydrogen-bond acceptors (Lipinski definition) is 6. The summed E-state index contributed by atoms with van der Waals surface area (Å²) >= 11 is 0. The lowest BCUT2D eigenvalue weighted by atomic mass is 10.0. The summed E-state index contributed by atoms with van der Waals surface area (Å²) in [6.07, 6.45) is 1.98. The predicted octanol–water partition coefficient (Wildman–Crippen LogP) is 0.578. The van der Waals surface area contributed by atoms with Crippen molar-refractivity contribution in [1.29, 1.82) is 0 Å². The average Bonchev–Trinajstić information content (AvgIpc) is 3.14. The van der Waals surface area contributed by atoms with Crippen molar-refractivity contribution in [2.24, 2.45) is 0 Å². The molecule has 0 aliphatic carbocycles. The Balaban J connectivity index is 2.18. The highest BCUT2D eigenvalue weighted by atomic mass is 16.5. The monoisotopic (exact) mass is 333 g/mol. The highest BCUT2D eigenvalue weighted by molar-refractivity contribution is 5.80. The fourth-order valence-electron chi connectivity index (χ4n) is 2.39. The zero-order chi connectivity index (χ0) is 17.2. The van der Waals surface area contributed by atoms with E-state index in [4.69, 9.17) is 9.47 Å². The molecule has 1 unspecified atom stereocenters. The third-order valence-corrected chi connectivity index (χ3v) is 3.68. The molecular weight excluding hydrogens is 310 g/mol. The molecule has 1 amide bonds. The van der Waals surface area contributed by atoms with Crippen LogP contribution in [0.4, 0.5) is 0 Å². The molecule has 2 rings (SSSR count). The molecule has 24 heavy (non-hydrogen) atoms. The Morgan fingerprint density at radius 1 is 1.17 bits per heavy atom. The molecule has 0 aliphatic rings. The fourth-order valence-corrected chi connectivity index (χ4v) is 2.39. The van der Waals surface area contributed by atoms with Crippen LogP contribution in [0.15, 0.2) is 36.7 Å². The number of carbonyl (C=O) groups is 1. The van der Waals surface area contributed by atoms with Crippen LogP contribution in [0, 0.1) is 0 Å². The Kier molecular flexibility index (Phi) is 7.31. The molecule has 0 radical (unpaired) electrons. The van der Waals surface area contributed by atoms with Gasteiger partial charge in [-0.3, -0.25) is 4.79 Å². The number of benzene rings is 1. The topological polar surface area (TPSA) is 82.4 Å². The third-order valence-electron chi connectivity index (χ3n) is 3.68. The minimum absolute atomic E-state index is 0.0553. The molecule has 0 aliphatic heterocycles. The highest BCUT2D eigenvalue weighted by Crippen LogP contribution is 2.16. The van der Waals surface area contributed by atoms with Crippen LogP contribution in [0.3, 0.4) is 0 Å². The average molecular weight is 333 g/mol.